The monoisotopic (exact) mass is 350 g/mol. The Morgan fingerprint density at radius 3 is 2.83 bits per heavy atom. The highest BCUT2D eigenvalue weighted by molar-refractivity contribution is 7.09. The highest BCUT2D eigenvalue weighted by Gasteiger charge is 2.40. The fourth-order valence-corrected chi connectivity index (χ4v) is 3.82. The number of benzene rings is 1. The number of aliphatic carboxylic acids is 1. The zero-order valence-electron chi connectivity index (χ0n) is 13.0. The first-order valence-corrected chi connectivity index (χ1v) is 8.84. The summed E-state index contributed by atoms with van der Waals surface area (Å²) in [7, 11) is 0. The van der Waals surface area contributed by atoms with Crippen LogP contribution >= 0.6 is 22.9 Å². The molecule has 1 aliphatic heterocycles. The van der Waals surface area contributed by atoms with Crippen molar-refractivity contribution in [2.75, 3.05) is 13.1 Å². The van der Waals surface area contributed by atoms with Crippen LogP contribution < -0.4 is 0 Å². The third-order valence-corrected chi connectivity index (χ3v) is 5.47. The van der Waals surface area contributed by atoms with Crippen LogP contribution in [0.1, 0.15) is 29.6 Å². The van der Waals surface area contributed by atoms with E-state index in [-0.39, 0.29) is 0 Å². The van der Waals surface area contributed by atoms with Crippen LogP contribution in [0.3, 0.4) is 0 Å². The van der Waals surface area contributed by atoms with Gasteiger partial charge in [0.2, 0.25) is 0 Å². The van der Waals surface area contributed by atoms with E-state index < -0.39 is 11.4 Å². The average molecular weight is 351 g/mol. The van der Waals surface area contributed by atoms with Gasteiger partial charge in [0, 0.05) is 29.9 Å². The number of nitrogens with zero attached hydrogens (tertiary/aromatic N) is 2. The summed E-state index contributed by atoms with van der Waals surface area (Å²) in [6, 6.07) is 7.81. The molecule has 2 aromatic rings. The van der Waals surface area contributed by atoms with Crippen LogP contribution in [0, 0.1) is 5.41 Å². The van der Waals surface area contributed by atoms with E-state index in [9.17, 15) is 9.90 Å². The number of halogens is 1. The lowest BCUT2D eigenvalue weighted by Gasteiger charge is -2.19. The standard InChI is InChI=1S/C17H19ClN2O2S/c1-17(16(21)22)6-7-20(11-17)9-14-10-23-15(19-14)8-12-2-4-13(18)5-3-12/h2-5,10H,6-9,11H2,1H3,(H,21,22). The van der Waals surface area contributed by atoms with Gasteiger partial charge < -0.3 is 5.11 Å². The number of thiazole rings is 1. The van der Waals surface area contributed by atoms with Crippen molar-refractivity contribution in [2.45, 2.75) is 26.3 Å². The summed E-state index contributed by atoms with van der Waals surface area (Å²) in [4.78, 5) is 18.2. The summed E-state index contributed by atoms with van der Waals surface area (Å²) < 4.78 is 0. The molecule has 1 unspecified atom stereocenters. The number of likely N-dealkylation sites (tertiary alicyclic amines) is 1. The minimum absolute atomic E-state index is 0.590. The molecule has 1 N–H and O–H groups in total. The number of hydrogen-bond acceptors (Lipinski definition) is 4. The fraction of sp³-hybridized carbons (Fsp3) is 0.412. The van der Waals surface area contributed by atoms with Gasteiger partial charge in [-0.2, -0.15) is 0 Å². The summed E-state index contributed by atoms with van der Waals surface area (Å²) >= 11 is 7.55. The Hall–Kier alpha value is -1.43. The summed E-state index contributed by atoms with van der Waals surface area (Å²) in [5, 5.41) is 13.2. The lowest BCUT2D eigenvalue weighted by Crippen LogP contribution is -2.31. The van der Waals surface area contributed by atoms with Crippen molar-refractivity contribution in [3.63, 3.8) is 0 Å². The highest BCUT2D eigenvalue weighted by atomic mass is 35.5. The molecule has 1 atom stereocenters. The second-order valence-electron chi connectivity index (χ2n) is 6.36. The molecule has 0 radical (unpaired) electrons. The van der Waals surface area contributed by atoms with E-state index in [1.807, 2.05) is 31.2 Å². The zero-order chi connectivity index (χ0) is 16.4. The van der Waals surface area contributed by atoms with E-state index in [0.29, 0.717) is 13.0 Å². The Labute approximate surface area is 144 Å². The molecule has 0 saturated carbocycles. The molecular weight excluding hydrogens is 332 g/mol. The van der Waals surface area contributed by atoms with Crippen molar-refractivity contribution in [2.24, 2.45) is 5.41 Å². The van der Waals surface area contributed by atoms with E-state index in [4.69, 9.17) is 11.6 Å². The van der Waals surface area contributed by atoms with Crippen LogP contribution in [0.15, 0.2) is 29.6 Å². The van der Waals surface area contributed by atoms with Gasteiger partial charge in [0.1, 0.15) is 0 Å². The lowest BCUT2D eigenvalue weighted by molar-refractivity contribution is -0.147. The molecule has 3 rings (SSSR count). The van der Waals surface area contributed by atoms with E-state index in [0.717, 1.165) is 35.2 Å². The lowest BCUT2D eigenvalue weighted by atomic mass is 9.90. The molecule has 0 aliphatic carbocycles. The predicted octanol–water partition coefficient (Wildman–Crippen LogP) is 3.68. The number of rotatable bonds is 5. The molecule has 1 aromatic heterocycles. The number of carbonyl (C=O) groups is 1. The van der Waals surface area contributed by atoms with Gasteiger partial charge in [0.25, 0.3) is 0 Å². The second kappa shape index (κ2) is 6.59. The van der Waals surface area contributed by atoms with Gasteiger partial charge in [0.15, 0.2) is 0 Å². The van der Waals surface area contributed by atoms with Crippen LogP contribution in [0.5, 0.6) is 0 Å². The van der Waals surface area contributed by atoms with Crippen LogP contribution in [0.2, 0.25) is 5.02 Å². The fourth-order valence-electron chi connectivity index (χ4n) is 2.87. The molecule has 6 heteroatoms. The Morgan fingerprint density at radius 2 is 2.17 bits per heavy atom. The third-order valence-electron chi connectivity index (χ3n) is 4.32. The van der Waals surface area contributed by atoms with Gasteiger partial charge in [-0.15, -0.1) is 11.3 Å². The number of hydrogen-bond donors (Lipinski definition) is 1. The first-order chi connectivity index (χ1) is 10.9. The van der Waals surface area contributed by atoms with Crippen molar-refractivity contribution in [3.8, 4) is 0 Å². The van der Waals surface area contributed by atoms with E-state index in [1.54, 1.807) is 11.3 Å². The van der Waals surface area contributed by atoms with Gasteiger partial charge in [-0.05, 0) is 37.6 Å². The highest BCUT2D eigenvalue weighted by Crippen LogP contribution is 2.31. The first-order valence-electron chi connectivity index (χ1n) is 7.58. The molecule has 1 aromatic carbocycles. The minimum Gasteiger partial charge on any atom is -0.481 e. The SMILES string of the molecule is CC1(C(=O)O)CCN(Cc2csc(Cc3ccc(Cl)cc3)n2)C1. The summed E-state index contributed by atoms with van der Waals surface area (Å²) in [6.07, 6.45) is 1.50. The molecule has 0 amide bonds. The largest absolute Gasteiger partial charge is 0.481 e. The summed E-state index contributed by atoms with van der Waals surface area (Å²) in [5.74, 6) is -0.707. The smallest absolute Gasteiger partial charge is 0.310 e. The van der Waals surface area contributed by atoms with Crippen molar-refractivity contribution in [3.05, 3.63) is 50.9 Å². The second-order valence-corrected chi connectivity index (χ2v) is 7.74. The first kappa shape index (κ1) is 16.4. The van der Waals surface area contributed by atoms with Gasteiger partial charge in [-0.25, -0.2) is 4.98 Å². The molecule has 122 valence electrons. The Balaban J connectivity index is 1.60. The molecule has 1 fully saturated rings. The quantitative estimate of drug-likeness (QED) is 0.893. The molecule has 0 spiro atoms. The van der Waals surface area contributed by atoms with Gasteiger partial charge in [0.05, 0.1) is 16.1 Å². The molecule has 1 saturated heterocycles. The van der Waals surface area contributed by atoms with Gasteiger partial charge in [-0.1, -0.05) is 23.7 Å². The van der Waals surface area contributed by atoms with Crippen LogP contribution in [0.25, 0.3) is 0 Å². The Kier molecular flexibility index (Phi) is 4.71. The van der Waals surface area contributed by atoms with Crippen molar-refractivity contribution in [1.82, 2.24) is 9.88 Å². The average Bonchev–Trinajstić information content (AvgIpc) is 3.10. The minimum atomic E-state index is -0.707. The van der Waals surface area contributed by atoms with Crippen LogP contribution in [-0.2, 0) is 17.8 Å². The number of carboxylic acid groups (broad SMARTS) is 1. The van der Waals surface area contributed by atoms with E-state index >= 15 is 0 Å². The maximum atomic E-state index is 11.3. The van der Waals surface area contributed by atoms with Crippen molar-refractivity contribution in [1.29, 1.82) is 0 Å². The molecule has 1 aliphatic rings. The number of carboxylic acids is 1. The van der Waals surface area contributed by atoms with E-state index in [1.165, 1.54) is 5.56 Å². The summed E-state index contributed by atoms with van der Waals surface area (Å²) in [5.41, 5.74) is 1.59. The Bertz CT molecular complexity index is 701. The molecular formula is C17H19ClN2O2S. The van der Waals surface area contributed by atoms with E-state index in [2.05, 4.69) is 15.3 Å². The maximum absolute atomic E-state index is 11.3. The topological polar surface area (TPSA) is 53.4 Å². The maximum Gasteiger partial charge on any atom is 0.310 e. The summed E-state index contributed by atoms with van der Waals surface area (Å²) in [6.45, 7) is 3.95. The van der Waals surface area contributed by atoms with Crippen molar-refractivity contribution >= 4 is 28.9 Å². The Morgan fingerprint density at radius 1 is 1.43 bits per heavy atom. The van der Waals surface area contributed by atoms with Gasteiger partial charge in [-0.3, -0.25) is 9.69 Å². The normalized spacial score (nSPS) is 21.7. The predicted molar refractivity (Wildman–Crippen MR) is 92.0 cm³/mol. The molecule has 0 bridgehead atoms. The van der Waals surface area contributed by atoms with Crippen LogP contribution in [-0.4, -0.2) is 34.0 Å². The molecule has 23 heavy (non-hydrogen) atoms. The zero-order valence-corrected chi connectivity index (χ0v) is 14.5. The molecule has 4 nitrogen and oxygen atoms in total. The van der Waals surface area contributed by atoms with Crippen LogP contribution in [0.4, 0.5) is 0 Å². The third kappa shape index (κ3) is 3.91. The van der Waals surface area contributed by atoms with Gasteiger partial charge >= 0.3 is 5.97 Å². The van der Waals surface area contributed by atoms with Crippen molar-refractivity contribution < 1.29 is 9.90 Å². The number of aromatic nitrogens is 1. The molecule has 2 heterocycles.